The van der Waals surface area contributed by atoms with Gasteiger partial charge in [0.1, 0.15) is 0 Å². The third kappa shape index (κ3) is 1.95. The Hall–Kier alpha value is -0.280. The van der Waals surface area contributed by atoms with Crippen LogP contribution in [0.3, 0.4) is 0 Å². The van der Waals surface area contributed by atoms with Crippen LogP contribution in [0.1, 0.15) is 38.5 Å². The van der Waals surface area contributed by atoms with Gasteiger partial charge in [0, 0.05) is 19.5 Å². The predicted octanol–water partition coefficient (Wildman–Crippen LogP) is 1.80. The molecule has 2 bridgehead atoms. The summed E-state index contributed by atoms with van der Waals surface area (Å²) in [6.45, 7) is 0.805. The van der Waals surface area contributed by atoms with Gasteiger partial charge in [0.05, 0.1) is 0 Å². The topological polar surface area (TPSA) is 46.3 Å². The summed E-state index contributed by atoms with van der Waals surface area (Å²) in [6, 6.07) is 0. The summed E-state index contributed by atoms with van der Waals surface area (Å²) in [5.41, 5.74) is 6.21. The molecule has 3 saturated carbocycles. The van der Waals surface area contributed by atoms with Crippen molar-refractivity contribution >= 4 is 18.3 Å². The van der Waals surface area contributed by atoms with Crippen molar-refractivity contribution in [1.82, 2.24) is 4.90 Å². The molecule has 0 radical (unpaired) electrons. The number of amides is 1. The molecular weight excluding hydrogens is 224 g/mol. The van der Waals surface area contributed by atoms with E-state index in [4.69, 9.17) is 5.73 Å². The highest BCUT2D eigenvalue weighted by Gasteiger charge is 2.51. The molecule has 1 amide bonds. The van der Waals surface area contributed by atoms with Gasteiger partial charge in [-0.3, -0.25) is 4.79 Å². The molecule has 0 spiro atoms. The molecule has 0 aliphatic heterocycles. The molecule has 4 heteroatoms. The number of carbonyl (C=O) groups is 1. The number of nitrogens with two attached hydrogens (primary N) is 1. The quantitative estimate of drug-likeness (QED) is 0.808. The van der Waals surface area contributed by atoms with Crippen LogP contribution in [0, 0.1) is 10.8 Å². The molecule has 3 aliphatic rings. The molecule has 0 atom stereocenters. The Morgan fingerprint density at radius 3 is 1.88 bits per heavy atom. The molecule has 0 aromatic carbocycles. The second-order valence-electron chi connectivity index (χ2n) is 5.68. The van der Waals surface area contributed by atoms with E-state index < -0.39 is 0 Å². The highest BCUT2D eigenvalue weighted by Crippen LogP contribution is 2.56. The van der Waals surface area contributed by atoms with Gasteiger partial charge < -0.3 is 10.6 Å². The van der Waals surface area contributed by atoms with Gasteiger partial charge in [-0.1, -0.05) is 0 Å². The van der Waals surface area contributed by atoms with Crippen LogP contribution in [0.2, 0.25) is 0 Å². The minimum Gasteiger partial charge on any atom is -0.348 e. The van der Waals surface area contributed by atoms with Crippen LogP contribution < -0.4 is 5.73 Å². The lowest BCUT2D eigenvalue weighted by Crippen LogP contribution is -2.51. The zero-order valence-corrected chi connectivity index (χ0v) is 11.1. The maximum Gasteiger partial charge on any atom is 0.228 e. The Bertz CT molecular complexity index is 254. The predicted molar refractivity (Wildman–Crippen MR) is 67.6 cm³/mol. The number of fused-ring (bicyclic) bond motifs is 3. The fourth-order valence-electron chi connectivity index (χ4n) is 3.36. The molecule has 3 rings (SSSR count). The van der Waals surface area contributed by atoms with Gasteiger partial charge in [-0.05, 0) is 50.5 Å². The van der Waals surface area contributed by atoms with Crippen molar-refractivity contribution in [1.29, 1.82) is 0 Å². The van der Waals surface area contributed by atoms with Crippen LogP contribution in [-0.4, -0.2) is 31.4 Å². The van der Waals surface area contributed by atoms with Gasteiger partial charge in [-0.2, -0.15) is 0 Å². The van der Waals surface area contributed by atoms with Crippen molar-refractivity contribution in [2.45, 2.75) is 38.5 Å². The summed E-state index contributed by atoms with van der Waals surface area (Å²) in [4.78, 5) is 13.9. The third-order valence-corrected chi connectivity index (χ3v) is 4.69. The van der Waals surface area contributed by atoms with Gasteiger partial charge in [-0.25, -0.2) is 0 Å². The molecule has 3 fully saturated rings. The maximum atomic E-state index is 12.2. The van der Waals surface area contributed by atoms with Crippen molar-refractivity contribution in [2.75, 3.05) is 20.6 Å². The first kappa shape index (κ1) is 13.8. The molecule has 3 nitrogen and oxygen atoms in total. The molecule has 16 heavy (non-hydrogen) atoms. The number of halogens is 1. The minimum atomic E-state index is -0.0274. The van der Waals surface area contributed by atoms with Crippen molar-refractivity contribution in [2.24, 2.45) is 16.6 Å². The molecular formula is C12H23ClN2O. The fraction of sp³-hybridized carbons (Fsp3) is 0.917. The second kappa shape index (κ2) is 4.53. The van der Waals surface area contributed by atoms with Crippen molar-refractivity contribution < 1.29 is 4.79 Å². The molecule has 0 saturated heterocycles. The summed E-state index contributed by atoms with van der Waals surface area (Å²) >= 11 is 0. The van der Waals surface area contributed by atoms with E-state index in [1.807, 2.05) is 14.1 Å². The monoisotopic (exact) mass is 246 g/mol. The van der Waals surface area contributed by atoms with Gasteiger partial charge in [-0.15, -0.1) is 12.4 Å². The van der Waals surface area contributed by atoms with Crippen LogP contribution in [0.5, 0.6) is 0 Å². The molecule has 94 valence electrons. The summed E-state index contributed by atoms with van der Waals surface area (Å²) in [5, 5.41) is 0. The highest BCUT2D eigenvalue weighted by molar-refractivity contribution is 5.85. The van der Waals surface area contributed by atoms with E-state index >= 15 is 0 Å². The Morgan fingerprint density at radius 1 is 1.12 bits per heavy atom. The zero-order valence-electron chi connectivity index (χ0n) is 10.3. The first-order valence-corrected chi connectivity index (χ1v) is 5.96. The summed E-state index contributed by atoms with van der Waals surface area (Å²) in [6.07, 6.45) is 6.64. The number of carbonyl (C=O) groups excluding carboxylic acids is 1. The largest absolute Gasteiger partial charge is 0.348 e. The first-order chi connectivity index (χ1) is 7.04. The Morgan fingerprint density at radius 2 is 1.56 bits per heavy atom. The molecule has 0 aromatic heterocycles. The first-order valence-electron chi connectivity index (χ1n) is 5.96. The lowest BCUT2D eigenvalue weighted by Gasteiger charge is -2.52. The van der Waals surface area contributed by atoms with Crippen molar-refractivity contribution in [3.8, 4) is 0 Å². The number of hydrogen-bond donors (Lipinski definition) is 1. The zero-order chi connectivity index (χ0) is 11.1. The number of hydrogen-bond acceptors (Lipinski definition) is 2. The van der Waals surface area contributed by atoms with E-state index in [-0.39, 0.29) is 17.8 Å². The second-order valence-corrected chi connectivity index (χ2v) is 5.68. The maximum absolute atomic E-state index is 12.2. The normalized spacial score (nSPS) is 36.7. The minimum absolute atomic E-state index is 0. The molecule has 0 aromatic rings. The Balaban J connectivity index is 0.00000128. The Labute approximate surface area is 104 Å². The van der Waals surface area contributed by atoms with Crippen LogP contribution in [0.15, 0.2) is 0 Å². The molecule has 0 heterocycles. The summed E-state index contributed by atoms with van der Waals surface area (Å²) in [5.74, 6) is 0.341. The van der Waals surface area contributed by atoms with E-state index in [1.165, 1.54) is 0 Å². The van der Waals surface area contributed by atoms with Crippen molar-refractivity contribution in [3.05, 3.63) is 0 Å². The summed E-state index contributed by atoms with van der Waals surface area (Å²) in [7, 11) is 3.74. The van der Waals surface area contributed by atoms with Crippen LogP contribution >= 0.6 is 12.4 Å². The van der Waals surface area contributed by atoms with E-state index in [1.54, 1.807) is 4.90 Å². The van der Waals surface area contributed by atoms with Gasteiger partial charge >= 0.3 is 0 Å². The van der Waals surface area contributed by atoms with Crippen molar-refractivity contribution in [3.63, 3.8) is 0 Å². The van der Waals surface area contributed by atoms with Crippen LogP contribution in [0.25, 0.3) is 0 Å². The summed E-state index contributed by atoms with van der Waals surface area (Å²) < 4.78 is 0. The van der Waals surface area contributed by atoms with Crippen LogP contribution in [-0.2, 0) is 4.79 Å². The smallest absolute Gasteiger partial charge is 0.228 e. The third-order valence-electron chi connectivity index (χ3n) is 4.69. The number of rotatable bonds is 2. The van der Waals surface area contributed by atoms with Gasteiger partial charge in [0.2, 0.25) is 5.91 Å². The van der Waals surface area contributed by atoms with Crippen LogP contribution in [0.4, 0.5) is 0 Å². The average molecular weight is 247 g/mol. The van der Waals surface area contributed by atoms with Gasteiger partial charge in [0.25, 0.3) is 0 Å². The molecule has 0 unspecified atom stereocenters. The Kier molecular flexibility index (Phi) is 3.91. The lowest BCUT2D eigenvalue weighted by atomic mass is 9.53. The number of nitrogens with zero attached hydrogens (tertiary/aromatic N) is 1. The van der Waals surface area contributed by atoms with E-state index in [0.29, 0.717) is 11.3 Å². The van der Waals surface area contributed by atoms with E-state index in [9.17, 15) is 4.79 Å². The van der Waals surface area contributed by atoms with Gasteiger partial charge in [0.15, 0.2) is 0 Å². The standard InChI is InChI=1S/C12H22N2O.ClH/c1-14(2)10(15)12-6-3-11(9-13,4-7-12)5-8-12;/h3-9,13H2,1-2H3;1H. The molecule has 2 N–H and O–H groups in total. The fourth-order valence-corrected chi connectivity index (χ4v) is 3.36. The average Bonchev–Trinajstić information content (AvgIpc) is 2.30. The van der Waals surface area contributed by atoms with E-state index in [2.05, 4.69) is 0 Å². The lowest BCUT2D eigenvalue weighted by molar-refractivity contribution is -0.148. The highest BCUT2D eigenvalue weighted by atomic mass is 35.5. The molecule has 3 aliphatic carbocycles. The SMILES string of the molecule is CN(C)C(=O)C12CCC(CN)(CC1)CC2.Cl. The van der Waals surface area contributed by atoms with E-state index in [0.717, 1.165) is 45.1 Å².